The van der Waals surface area contributed by atoms with Crippen molar-refractivity contribution in [2.75, 3.05) is 11.1 Å². The van der Waals surface area contributed by atoms with Crippen molar-refractivity contribution in [2.24, 2.45) is 0 Å². The molecule has 0 bridgehead atoms. The second-order valence-electron chi connectivity index (χ2n) is 3.76. The van der Waals surface area contributed by atoms with Gasteiger partial charge in [0, 0.05) is 10.7 Å². The van der Waals surface area contributed by atoms with Crippen molar-refractivity contribution in [3.05, 3.63) is 47.5 Å². The molecule has 0 saturated heterocycles. The third-order valence-corrected chi connectivity index (χ3v) is 2.61. The number of nitrogens with two attached hydrogens (primary N) is 1. The second-order valence-corrected chi connectivity index (χ2v) is 4.20. The van der Waals surface area contributed by atoms with E-state index in [-0.39, 0.29) is 5.75 Å². The number of rotatable bonds is 4. The second kappa shape index (κ2) is 5.75. The normalized spacial score (nSPS) is 10.5. The lowest BCUT2D eigenvalue weighted by molar-refractivity contribution is -0.0498. The van der Waals surface area contributed by atoms with Crippen LogP contribution < -0.4 is 15.8 Å². The van der Waals surface area contributed by atoms with Crippen LogP contribution in [0.3, 0.4) is 0 Å². The van der Waals surface area contributed by atoms with Gasteiger partial charge in [0.1, 0.15) is 5.75 Å². The van der Waals surface area contributed by atoms with Crippen molar-refractivity contribution in [2.45, 2.75) is 6.61 Å². The molecule has 0 aliphatic rings. The molecule has 6 heteroatoms. The molecule has 0 spiro atoms. The van der Waals surface area contributed by atoms with Gasteiger partial charge in [-0.2, -0.15) is 8.78 Å². The Balaban J connectivity index is 2.10. The van der Waals surface area contributed by atoms with Crippen molar-refractivity contribution in [3.63, 3.8) is 0 Å². The van der Waals surface area contributed by atoms with E-state index in [4.69, 9.17) is 17.3 Å². The number of anilines is 3. The fourth-order valence-electron chi connectivity index (χ4n) is 1.52. The highest BCUT2D eigenvalue weighted by atomic mass is 35.5. The summed E-state index contributed by atoms with van der Waals surface area (Å²) in [6, 6.07) is 11.2. The summed E-state index contributed by atoms with van der Waals surface area (Å²) in [5.41, 5.74) is 7.69. The standard InChI is InChI=1S/C13H11ClF2N2O/c14-8-1-6-12(11(17)7-8)18-9-2-4-10(5-3-9)19-13(15)16/h1-7,13,18H,17H2. The molecule has 0 fully saturated rings. The van der Waals surface area contributed by atoms with Gasteiger partial charge in [0.25, 0.3) is 0 Å². The van der Waals surface area contributed by atoms with Crippen molar-refractivity contribution in [1.82, 2.24) is 0 Å². The third-order valence-electron chi connectivity index (χ3n) is 2.37. The predicted molar refractivity (Wildman–Crippen MR) is 72.2 cm³/mol. The van der Waals surface area contributed by atoms with Crippen LogP contribution in [0.2, 0.25) is 5.02 Å². The van der Waals surface area contributed by atoms with Crippen LogP contribution in [0.4, 0.5) is 25.8 Å². The van der Waals surface area contributed by atoms with Gasteiger partial charge in [-0.25, -0.2) is 0 Å². The lowest BCUT2D eigenvalue weighted by atomic mass is 10.2. The molecule has 100 valence electrons. The van der Waals surface area contributed by atoms with Crippen molar-refractivity contribution in [1.29, 1.82) is 0 Å². The molecule has 3 nitrogen and oxygen atoms in total. The molecule has 0 aliphatic heterocycles. The summed E-state index contributed by atoms with van der Waals surface area (Å²) in [6.45, 7) is -2.83. The number of benzene rings is 2. The van der Waals surface area contributed by atoms with Crippen LogP contribution in [-0.4, -0.2) is 6.61 Å². The summed E-state index contributed by atoms with van der Waals surface area (Å²) in [7, 11) is 0. The highest BCUT2D eigenvalue weighted by Crippen LogP contribution is 2.27. The van der Waals surface area contributed by atoms with Crippen molar-refractivity contribution in [3.8, 4) is 5.75 Å². The van der Waals surface area contributed by atoms with Crippen LogP contribution in [0.1, 0.15) is 0 Å². The molecule has 0 heterocycles. The summed E-state index contributed by atoms with van der Waals surface area (Å²) < 4.78 is 28.2. The molecule has 2 aromatic rings. The molecule has 2 aromatic carbocycles. The van der Waals surface area contributed by atoms with E-state index >= 15 is 0 Å². The van der Waals surface area contributed by atoms with Gasteiger partial charge < -0.3 is 15.8 Å². The van der Waals surface area contributed by atoms with Crippen LogP contribution in [0, 0.1) is 0 Å². The zero-order valence-corrected chi connectivity index (χ0v) is 10.5. The molecule has 0 radical (unpaired) electrons. The Morgan fingerprint density at radius 3 is 2.37 bits per heavy atom. The quantitative estimate of drug-likeness (QED) is 0.824. The van der Waals surface area contributed by atoms with E-state index in [1.165, 1.54) is 12.1 Å². The van der Waals surface area contributed by atoms with Gasteiger partial charge in [0.2, 0.25) is 0 Å². The van der Waals surface area contributed by atoms with E-state index in [9.17, 15) is 8.78 Å². The molecule has 2 rings (SSSR count). The molecule has 3 N–H and O–H groups in total. The minimum absolute atomic E-state index is 0.102. The SMILES string of the molecule is Nc1cc(Cl)ccc1Nc1ccc(OC(F)F)cc1. The van der Waals surface area contributed by atoms with Gasteiger partial charge >= 0.3 is 6.61 Å². The number of alkyl halides is 2. The zero-order chi connectivity index (χ0) is 13.8. The van der Waals surface area contributed by atoms with E-state index in [1.54, 1.807) is 30.3 Å². The fraction of sp³-hybridized carbons (Fsp3) is 0.0769. The van der Waals surface area contributed by atoms with Crippen molar-refractivity contribution >= 4 is 28.7 Å². The average Bonchev–Trinajstić information content (AvgIpc) is 2.34. The lowest BCUT2D eigenvalue weighted by Gasteiger charge is -2.10. The van der Waals surface area contributed by atoms with Crippen molar-refractivity contribution < 1.29 is 13.5 Å². The van der Waals surface area contributed by atoms with Crippen LogP contribution in [0.5, 0.6) is 5.75 Å². The topological polar surface area (TPSA) is 47.3 Å². The zero-order valence-electron chi connectivity index (χ0n) is 9.74. The fourth-order valence-corrected chi connectivity index (χ4v) is 1.70. The van der Waals surface area contributed by atoms with E-state index in [0.717, 1.165) is 0 Å². The predicted octanol–water partition coefficient (Wildman–Crippen LogP) is 4.27. The largest absolute Gasteiger partial charge is 0.435 e. The number of hydrogen-bond acceptors (Lipinski definition) is 3. The number of ether oxygens (including phenoxy) is 1. The maximum atomic E-state index is 12.0. The monoisotopic (exact) mass is 284 g/mol. The Labute approximate surface area is 113 Å². The molecular weight excluding hydrogens is 274 g/mol. The molecule has 0 saturated carbocycles. The number of nitrogen functional groups attached to an aromatic ring is 1. The average molecular weight is 285 g/mol. The summed E-state index contributed by atoms with van der Waals surface area (Å²) in [5, 5.41) is 3.60. The smallest absolute Gasteiger partial charge is 0.387 e. The molecule has 19 heavy (non-hydrogen) atoms. The Morgan fingerprint density at radius 2 is 1.79 bits per heavy atom. The first-order chi connectivity index (χ1) is 9.04. The number of halogens is 3. The van der Waals surface area contributed by atoms with Gasteiger partial charge in [-0.15, -0.1) is 0 Å². The molecular formula is C13H11ClF2N2O. The first kappa shape index (κ1) is 13.4. The maximum Gasteiger partial charge on any atom is 0.387 e. The Bertz CT molecular complexity index is 561. The lowest BCUT2D eigenvalue weighted by Crippen LogP contribution is -2.01. The van der Waals surface area contributed by atoms with Crippen LogP contribution in [0.15, 0.2) is 42.5 Å². The minimum Gasteiger partial charge on any atom is -0.435 e. The molecule has 0 amide bonds. The highest BCUT2D eigenvalue weighted by Gasteiger charge is 2.04. The van der Waals surface area contributed by atoms with Crippen LogP contribution in [-0.2, 0) is 0 Å². The van der Waals surface area contributed by atoms with Gasteiger partial charge in [-0.1, -0.05) is 11.6 Å². The molecule has 0 aromatic heterocycles. The van der Waals surface area contributed by atoms with Gasteiger partial charge in [-0.05, 0) is 42.5 Å². The molecule has 0 unspecified atom stereocenters. The first-order valence-electron chi connectivity index (χ1n) is 5.41. The summed E-state index contributed by atoms with van der Waals surface area (Å²) in [5.74, 6) is 0.102. The maximum absolute atomic E-state index is 12.0. The Morgan fingerprint density at radius 1 is 1.11 bits per heavy atom. The highest BCUT2D eigenvalue weighted by molar-refractivity contribution is 6.31. The summed E-state index contributed by atoms with van der Waals surface area (Å²) in [4.78, 5) is 0. The minimum atomic E-state index is -2.83. The number of hydrogen-bond donors (Lipinski definition) is 2. The Kier molecular flexibility index (Phi) is 4.06. The summed E-state index contributed by atoms with van der Waals surface area (Å²) in [6.07, 6.45) is 0. The first-order valence-corrected chi connectivity index (χ1v) is 5.79. The summed E-state index contributed by atoms with van der Waals surface area (Å²) >= 11 is 5.79. The van der Waals surface area contributed by atoms with E-state index in [2.05, 4.69) is 10.1 Å². The molecule has 0 atom stereocenters. The van der Waals surface area contributed by atoms with Crippen LogP contribution >= 0.6 is 11.6 Å². The Hall–Kier alpha value is -2.01. The number of nitrogens with one attached hydrogen (secondary N) is 1. The molecule has 0 aliphatic carbocycles. The van der Waals surface area contributed by atoms with Gasteiger partial charge in [-0.3, -0.25) is 0 Å². The van der Waals surface area contributed by atoms with E-state index < -0.39 is 6.61 Å². The van der Waals surface area contributed by atoms with Gasteiger partial charge in [0.05, 0.1) is 11.4 Å². The van der Waals surface area contributed by atoms with E-state index in [0.29, 0.717) is 22.1 Å². The van der Waals surface area contributed by atoms with Crippen LogP contribution in [0.25, 0.3) is 0 Å². The van der Waals surface area contributed by atoms with Gasteiger partial charge in [0.15, 0.2) is 0 Å². The van der Waals surface area contributed by atoms with E-state index in [1.807, 2.05) is 0 Å². The third kappa shape index (κ3) is 3.72.